The van der Waals surface area contributed by atoms with Crippen LogP contribution in [0, 0.1) is 34.0 Å². The number of aliphatic hydroxyl groups is 1. The van der Waals surface area contributed by atoms with E-state index >= 15 is 0 Å². The summed E-state index contributed by atoms with van der Waals surface area (Å²) >= 11 is 0. The summed E-state index contributed by atoms with van der Waals surface area (Å²) in [4.78, 5) is 26.6. The van der Waals surface area contributed by atoms with Crippen molar-refractivity contribution in [3.63, 3.8) is 0 Å². The van der Waals surface area contributed by atoms with Crippen LogP contribution in [0.2, 0.25) is 0 Å². The maximum atomic E-state index is 13.4. The van der Waals surface area contributed by atoms with Gasteiger partial charge in [0.15, 0.2) is 0 Å². The zero-order valence-corrected chi connectivity index (χ0v) is 21.1. The van der Waals surface area contributed by atoms with Gasteiger partial charge < -0.3 is 14.6 Å². The van der Waals surface area contributed by atoms with Gasteiger partial charge in [-0.1, -0.05) is 33.8 Å². The summed E-state index contributed by atoms with van der Waals surface area (Å²) in [5.41, 5.74) is -0.852. The summed E-state index contributed by atoms with van der Waals surface area (Å²) in [5, 5.41) is 14.4. The highest BCUT2D eigenvalue weighted by molar-refractivity contribution is 5.86. The molecule has 0 heterocycles. The van der Waals surface area contributed by atoms with Crippen LogP contribution in [0.1, 0.15) is 59.8 Å². The van der Waals surface area contributed by atoms with E-state index in [9.17, 15) is 14.7 Å². The summed E-state index contributed by atoms with van der Waals surface area (Å²) in [6.07, 6.45) is 3.62. The molecule has 1 amide bonds. The highest BCUT2D eigenvalue weighted by Crippen LogP contribution is 2.68. The number of hydrogen-bond donors (Lipinski definition) is 2. The number of hydrogen-bond acceptors (Lipinski definition) is 5. The van der Waals surface area contributed by atoms with Gasteiger partial charge in [-0.3, -0.25) is 10.1 Å². The monoisotopic (exact) mass is 469 g/mol. The Hall–Kier alpha value is -2.34. The second-order valence-electron chi connectivity index (χ2n) is 11.3. The first-order valence-electron chi connectivity index (χ1n) is 12.5. The summed E-state index contributed by atoms with van der Waals surface area (Å²) in [6.45, 7) is 12.5. The van der Waals surface area contributed by atoms with E-state index in [1.54, 1.807) is 31.4 Å². The molecule has 0 aromatic heterocycles. The van der Waals surface area contributed by atoms with Crippen LogP contribution in [0.15, 0.2) is 36.9 Å². The zero-order valence-electron chi connectivity index (χ0n) is 21.1. The molecular formula is C28H39NO5. The fourth-order valence-electron chi connectivity index (χ4n) is 7.45. The molecule has 8 atom stereocenters. The van der Waals surface area contributed by atoms with E-state index in [4.69, 9.17) is 9.47 Å². The lowest BCUT2D eigenvalue weighted by Crippen LogP contribution is -2.63. The highest BCUT2D eigenvalue weighted by Gasteiger charge is 2.68. The van der Waals surface area contributed by atoms with Gasteiger partial charge in [0.25, 0.3) is 0 Å². The van der Waals surface area contributed by atoms with E-state index in [-0.39, 0.29) is 29.0 Å². The average Bonchev–Trinajstić information content (AvgIpc) is 3.18. The predicted octanol–water partition coefficient (Wildman–Crippen LogP) is 5.61. The molecule has 0 spiro atoms. The van der Waals surface area contributed by atoms with Crippen molar-refractivity contribution < 1.29 is 24.2 Å². The number of nitrogens with one attached hydrogen (secondary N) is 1. The first-order valence-corrected chi connectivity index (χ1v) is 12.5. The summed E-state index contributed by atoms with van der Waals surface area (Å²) < 4.78 is 11.4. The fourth-order valence-corrected chi connectivity index (χ4v) is 7.45. The first kappa shape index (κ1) is 24.8. The van der Waals surface area contributed by atoms with Crippen LogP contribution in [0.4, 0.5) is 10.5 Å². The molecule has 3 aliphatic carbocycles. The van der Waals surface area contributed by atoms with E-state index < -0.39 is 29.1 Å². The number of carbonyl (C=O) groups excluding carboxylic acids is 2. The normalized spacial score (nSPS) is 41.6. The van der Waals surface area contributed by atoms with Gasteiger partial charge in [-0.15, -0.1) is 6.58 Å². The zero-order chi connectivity index (χ0) is 24.9. The number of amides is 1. The Morgan fingerprint density at radius 1 is 1.21 bits per heavy atom. The predicted molar refractivity (Wildman–Crippen MR) is 132 cm³/mol. The van der Waals surface area contributed by atoms with Crippen LogP contribution < -0.4 is 10.1 Å². The number of carbonyl (C=O) groups is 2. The Labute approximate surface area is 203 Å². The molecule has 186 valence electrons. The van der Waals surface area contributed by atoms with Crippen LogP contribution in [0.25, 0.3) is 0 Å². The minimum absolute atomic E-state index is 0.0483. The van der Waals surface area contributed by atoms with Crippen molar-refractivity contribution in [1.29, 1.82) is 0 Å². The van der Waals surface area contributed by atoms with Crippen molar-refractivity contribution in [1.82, 2.24) is 0 Å². The molecule has 0 radical (unpaired) electrons. The molecule has 34 heavy (non-hydrogen) atoms. The Bertz CT molecular complexity index is 960. The van der Waals surface area contributed by atoms with Gasteiger partial charge in [0.2, 0.25) is 0 Å². The molecule has 3 saturated carbocycles. The maximum absolute atomic E-state index is 13.4. The summed E-state index contributed by atoms with van der Waals surface area (Å²) in [6, 6.07) is 7.06. The van der Waals surface area contributed by atoms with E-state index in [0.717, 1.165) is 19.3 Å². The molecule has 6 nitrogen and oxygen atoms in total. The smallest absolute Gasteiger partial charge is 0.411 e. The minimum atomic E-state index is -0.674. The maximum Gasteiger partial charge on any atom is 0.411 e. The van der Waals surface area contributed by atoms with Gasteiger partial charge >= 0.3 is 6.09 Å². The molecule has 2 bridgehead atoms. The van der Waals surface area contributed by atoms with Crippen LogP contribution in [-0.4, -0.2) is 36.3 Å². The number of ketones is 1. The quantitative estimate of drug-likeness (QED) is 0.560. The standard InChI is InChI=1S/C28H39NO5/c1-7-26(4)16-22(34-25(32)29-19-8-10-20(33-6)11-9-19)27(5)17(2)12-14-28(18(3)24(26)31)15-13-21(30)23(27)28/h7-11,17-18,22-24,31H,1,12-16H2,2-6H3,(H,29,32)/t17-,18+,22-,23+,24+,26-,27+,28+/m1/s1. The molecular weight excluding hydrogens is 430 g/mol. The molecule has 6 heteroatoms. The van der Waals surface area contributed by atoms with Gasteiger partial charge in [-0.2, -0.15) is 0 Å². The molecule has 4 rings (SSSR count). The summed E-state index contributed by atoms with van der Waals surface area (Å²) in [7, 11) is 1.59. The van der Waals surface area contributed by atoms with Crippen molar-refractivity contribution in [2.45, 2.75) is 72.0 Å². The van der Waals surface area contributed by atoms with Crippen LogP contribution in [0.5, 0.6) is 5.75 Å². The number of rotatable bonds is 4. The molecule has 3 fully saturated rings. The number of aliphatic hydroxyl groups excluding tert-OH is 1. The third kappa shape index (κ3) is 3.65. The summed E-state index contributed by atoms with van der Waals surface area (Å²) in [5.74, 6) is 0.861. The van der Waals surface area contributed by atoms with Gasteiger partial charge in [0.1, 0.15) is 17.6 Å². The largest absolute Gasteiger partial charge is 0.497 e. The topological polar surface area (TPSA) is 84.9 Å². The lowest BCUT2D eigenvalue weighted by Gasteiger charge is -2.61. The van der Waals surface area contributed by atoms with Crippen molar-refractivity contribution in [3.8, 4) is 5.75 Å². The molecule has 3 aliphatic rings. The fraction of sp³-hybridized carbons (Fsp3) is 0.643. The lowest BCUT2D eigenvalue weighted by molar-refractivity contribution is -0.190. The average molecular weight is 470 g/mol. The minimum Gasteiger partial charge on any atom is -0.497 e. The van der Waals surface area contributed by atoms with Gasteiger partial charge in [-0.25, -0.2) is 4.79 Å². The number of anilines is 1. The van der Waals surface area contributed by atoms with E-state index in [0.29, 0.717) is 24.3 Å². The Morgan fingerprint density at radius 3 is 2.50 bits per heavy atom. The van der Waals surface area contributed by atoms with Crippen LogP contribution in [0.3, 0.4) is 0 Å². The molecule has 2 N–H and O–H groups in total. The van der Waals surface area contributed by atoms with Crippen LogP contribution in [-0.2, 0) is 9.53 Å². The van der Waals surface area contributed by atoms with Crippen molar-refractivity contribution >= 4 is 17.6 Å². The van der Waals surface area contributed by atoms with Gasteiger partial charge in [0, 0.05) is 28.9 Å². The third-order valence-electron chi connectivity index (χ3n) is 9.89. The van der Waals surface area contributed by atoms with Crippen molar-refractivity contribution in [2.75, 3.05) is 12.4 Å². The Morgan fingerprint density at radius 2 is 1.88 bits per heavy atom. The van der Waals surface area contributed by atoms with E-state index in [1.807, 2.05) is 13.0 Å². The van der Waals surface area contributed by atoms with E-state index in [2.05, 4.69) is 32.7 Å². The van der Waals surface area contributed by atoms with Gasteiger partial charge in [0.05, 0.1) is 13.2 Å². The Kier molecular flexibility index (Phi) is 6.34. The Balaban J connectivity index is 1.72. The molecule has 0 unspecified atom stereocenters. The number of ether oxygens (including phenoxy) is 2. The second kappa shape index (κ2) is 8.71. The van der Waals surface area contributed by atoms with Gasteiger partial charge in [-0.05, 0) is 67.2 Å². The number of benzene rings is 1. The highest BCUT2D eigenvalue weighted by atomic mass is 16.6. The second-order valence-corrected chi connectivity index (χ2v) is 11.3. The third-order valence-corrected chi connectivity index (χ3v) is 9.89. The molecule has 0 saturated heterocycles. The SMILES string of the molecule is C=C[C@]1(C)C[C@@H](OC(=O)Nc2ccc(OC)cc2)[C@]2(C)[C@H](C)CC[C@]3(CCC(=O)[C@H]32)[C@@H](C)[C@@H]1O. The molecule has 1 aromatic rings. The molecule has 0 aliphatic heterocycles. The molecule has 1 aromatic carbocycles. The van der Waals surface area contributed by atoms with Crippen molar-refractivity contribution in [2.24, 2.45) is 34.0 Å². The van der Waals surface area contributed by atoms with Crippen LogP contribution >= 0.6 is 0 Å². The number of Topliss-reactive ketones (excluding diaryl/α,β-unsaturated/α-hetero) is 1. The lowest BCUT2D eigenvalue weighted by atomic mass is 9.44. The number of methoxy groups -OCH3 is 1. The van der Waals surface area contributed by atoms with Crippen molar-refractivity contribution in [3.05, 3.63) is 36.9 Å². The first-order chi connectivity index (χ1) is 16.0. The van der Waals surface area contributed by atoms with E-state index in [1.165, 1.54) is 0 Å².